The van der Waals surface area contributed by atoms with E-state index in [-0.39, 0.29) is 16.6 Å². The van der Waals surface area contributed by atoms with Crippen molar-refractivity contribution in [1.82, 2.24) is 19.9 Å². The van der Waals surface area contributed by atoms with Crippen LogP contribution >= 0.6 is 0 Å². The minimum atomic E-state index is -3.55. The summed E-state index contributed by atoms with van der Waals surface area (Å²) in [6, 6.07) is 9.51. The van der Waals surface area contributed by atoms with Crippen molar-refractivity contribution in [3.8, 4) is 5.69 Å². The summed E-state index contributed by atoms with van der Waals surface area (Å²) in [6.07, 6.45) is 3.85. The highest BCUT2D eigenvalue weighted by Gasteiger charge is 2.29. The van der Waals surface area contributed by atoms with Crippen molar-refractivity contribution in [3.63, 3.8) is 0 Å². The molecule has 1 saturated carbocycles. The lowest BCUT2D eigenvalue weighted by atomic mass is 10.2. The first-order valence-electron chi connectivity index (χ1n) is 10.6. The molecule has 3 aromatic rings. The van der Waals surface area contributed by atoms with Crippen molar-refractivity contribution in [2.45, 2.75) is 43.0 Å². The number of nitrogens with zero attached hydrogens (tertiary/aromatic N) is 2. The van der Waals surface area contributed by atoms with Gasteiger partial charge in [0, 0.05) is 23.4 Å². The first-order valence-corrected chi connectivity index (χ1v) is 12.0. The second kappa shape index (κ2) is 8.23. The summed E-state index contributed by atoms with van der Waals surface area (Å²) in [5.74, 6) is -2.42. The van der Waals surface area contributed by atoms with Gasteiger partial charge in [-0.05, 0) is 68.5 Å². The Kier molecular flexibility index (Phi) is 5.37. The molecular formula is C22H21F2N5O3S. The van der Waals surface area contributed by atoms with Crippen LogP contribution in [0.4, 0.5) is 14.5 Å². The summed E-state index contributed by atoms with van der Waals surface area (Å²) in [7, 11) is -3.55. The Balaban J connectivity index is 1.31. The molecule has 2 aliphatic rings. The SMILES string of the molecule is O=C(NNc1ccc(S(=O)(=O)NC2CC2)cc1)c1nn(-c2ccc(F)c(F)c2)c2c1CCC2. The van der Waals surface area contributed by atoms with E-state index < -0.39 is 27.6 Å². The van der Waals surface area contributed by atoms with Crippen LogP contribution in [-0.4, -0.2) is 30.1 Å². The number of benzene rings is 2. The highest BCUT2D eigenvalue weighted by Crippen LogP contribution is 2.28. The molecule has 1 fully saturated rings. The average molecular weight is 474 g/mol. The molecule has 33 heavy (non-hydrogen) atoms. The van der Waals surface area contributed by atoms with E-state index in [9.17, 15) is 22.0 Å². The summed E-state index contributed by atoms with van der Waals surface area (Å²) in [4.78, 5) is 13.0. The zero-order valence-electron chi connectivity index (χ0n) is 17.4. The Morgan fingerprint density at radius 2 is 1.79 bits per heavy atom. The van der Waals surface area contributed by atoms with Gasteiger partial charge < -0.3 is 0 Å². The first-order chi connectivity index (χ1) is 15.8. The maximum absolute atomic E-state index is 13.7. The van der Waals surface area contributed by atoms with Crippen molar-refractivity contribution < 1.29 is 22.0 Å². The van der Waals surface area contributed by atoms with Crippen LogP contribution in [0.2, 0.25) is 0 Å². The van der Waals surface area contributed by atoms with Crippen molar-refractivity contribution in [2.24, 2.45) is 0 Å². The number of carbonyl (C=O) groups is 1. The Bertz CT molecular complexity index is 1330. The van der Waals surface area contributed by atoms with Gasteiger partial charge in [0.15, 0.2) is 17.3 Å². The van der Waals surface area contributed by atoms with Crippen LogP contribution in [0.5, 0.6) is 0 Å². The number of amides is 1. The molecule has 0 radical (unpaired) electrons. The normalized spacial score (nSPS) is 15.3. The molecule has 0 unspecified atom stereocenters. The number of nitrogens with one attached hydrogen (secondary N) is 3. The number of rotatable bonds is 7. The molecule has 5 rings (SSSR count). The van der Waals surface area contributed by atoms with E-state index in [2.05, 4.69) is 20.7 Å². The molecular weight excluding hydrogens is 452 g/mol. The van der Waals surface area contributed by atoms with Gasteiger partial charge in [0.05, 0.1) is 16.3 Å². The molecule has 11 heteroatoms. The van der Waals surface area contributed by atoms with Crippen LogP contribution in [0.15, 0.2) is 47.4 Å². The quantitative estimate of drug-likeness (QED) is 0.458. The van der Waals surface area contributed by atoms with E-state index in [0.717, 1.165) is 42.7 Å². The second-order valence-electron chi connectivity index (χ2n) is 8.14. The van der Waals surface area contributed by atoms with Gasteiger partial charge in [-0.15, -0.1) is 0 Å². The fourth-order valence-corrected chi connectivity index (χ4v) is 5.15. The molecule has 0 atom stereocenters. The Morgan fingerprint density at radius 1 is 1.03 bits per heavy atom. The van der Waals surface area contributed by atoms with E-state index in [1.807, 2.05) is 0 Å². The summed E-state index contributed by atoms with van der Waals surface area (Å²) in [6.45, 7) is 0. The van der Waals surface area contributed by atoms with Crippen molar-refractivity contribution >= 4 is 21.6 Å². The van der Waals surface area contributed by atoms with Gasteiger partial charge >= 0.3 is 0 Å². The van der Waals surface area contributed by atoms with Gasteiger partial charge in [0.1, 0.15) is 0 Å². The van der Waals surface area contributed by atoms with Crippen LogP contribution < -0.4 is 15.6 Å². The van der Waals surface area contributed by atoms with Gasteiger partial charge in [-0.2, -0.15) is 5.10 Å². The monoisotopic (exact) mass is 473 g/mol. The Labute approximate surface area is 189 Å². The summed E-state index contributed by atoms with van der Waals surface area (Å²) >= 11 is 0. The lowest BCUT2D eigenvalue weighted by molar-refractivity contribution is 0.0956. The summed E-state index contributed by atoms with van der Waals surface area (Å²) in [5.41, 5.74) is 7.93. The van der Waals surface area contributed by atoms with E-state index in [4.69, 9.17) is 0 Å². The number of halogens is 2. The molecule has 3 N–H and O–H groups in total. The lowest BCUT2D eigenvalue weighted by Crippen LogP contribution is -2.30. The maximum atomic E-state index is 13.7. The van der Waals surface area contributed by atoms with Crippen LogP contribution in [0, 0.1) is 11.6 Å². The molecule has 0 spiro atoms. The van der Waals surface area contributed by atoms with Gasteiger partial charge in [-0.3, -0.25) is 15.6 Å². The molecule has 172 valence electrons. The maximum Gasteiger partial charge on any atom is 0.290 e. The molecule has 0 aliphatic heterocycles. The number of fused-ring (bicyclic) bond motifs is 1. The van der Waals surface area contributed by atoms with Crippen LogP contribution in [-0.2, 0) is 22.9 Å². The molecule has 0 bridgehead atoms. The van der Waals surface area contributed by atoms with Crippen molar-refractivity contribution in [1.29, 1.82) is 0 Å². The van der Waals surface area contributed by atoms with Crippen LogP contribution in [0.25, 0.3) is 5.69 Å². The number of hydrazine groups is 1. The summed E-state index contributed by atoms with van der Waals surface area (Å²) in [5, 5.41) is 4.35. The lowest BCUT2D eigenvalue weighted by Gasteiger charge is -2.10. The Morgan fingerprint density at radius 3 is 2.48 bits per heavy atom. The standard InChI is InChI=1S/C22H21F2N5O3S/c23-18-11-8-15(12-19(18)24)29-20-3-1-2-17(20)21(27-29)22(30)26-25-13-6-9-16(10-7-13)33(31,32)28-14-4-5-14/h6-12,14,25,28H,1-5H2,(H,26,30). The van der Waals surface area contributed by atoms with E-state index in [1.165, 1.54) is 22.9 Å². The minimum Gasteiger partial charge on any atom is -0.298 e. The third-order valence-corrected chi connectivity index (χ3v) is 7.21. The fraction of sp³-hybridized carbons (Fsp3) is 0.273. The van der Waals surface area contributed by atoms with E-state index in [1.54, 1.807) is 12.1 Å². The second-order valence-corrected chi connectivity index (χ2v) is 9.85. The molecule has 2 aliphatic carbocycles. The highest BCUT2D eigenvalue weighted by molar-refractivity contribution is 7.89. The topological polar surface area (TPSA) is 105 Å². The van der Waals surface area contributed by atoms with Gasteiger partial charge in [-0.25, -0.2) is 26.6 Å². The molecule has 1 amide bonds. The number of sulfonamides is 1. The van der Waals surface area contributed by atoms with E-state index >= 15 is 0 Å². The molecule has 1 aromatic heterocycles. The average Bonchev–Trinajstić information content (AvgIpc) is 3.32. The largest absolute Gasteiger partial charge is 0.298 e. The molecule has 8 nitrogen and oxygen atoms in total. The predicted octanol–water partition coefficient (Wildman–Crippen LogP) is 2.84. The van der Waals surface area contributed by atoms with Crippen LogP contribution in [0.1, 0.15) is 41.0 Å². The van der Waals surface area contributed by atoms with Crippen molar-refractivity contribution in [3.05, 3.63) is 71.1 Å². The number of carbonyl (C=O) groups excluding carboxylic acids is 1. The Hall–Kier alpha value is -3.31. The highest BCUT2D eigenvalue weighted by atomic mass is 32.2. The van der Waals surface area contributed by atoms with Gasteiger partial charge in [0.25, 0.3) is 5.91 Å². The van der Waals surface area contributed by atoms with Gasteiger partial charge in [0.2, 0.25) is 10.0 Å². The molecule has 0 saturated heterocycles. The number of hydrogen-bond donors (Lipinski definition) is 3. The number of anilines is 1. The van der Waals surface area contributed by atoms with Crippen LogP contribution in [0.3, 0.4) is 0 Å². The third-order valence-electron chi connectivity index (χ3n) is 5.68. The number of aromatic nitrogens is 2. The number of hydrogen-bond acceptors (Lipinski definition) is 5. The van der Waals surface area contributed by atoms with Crippen molar-refractivity contribution in [2.75, 3.05) is 5.43 Å². The predicted molar refractivity (Wildman–Crippen MR) is 116 cm³/mol. The summed E-state index contributed by atoms with van der Waals surface area (Å²) < 4.78 is 55.6. The first kappa shape index (κ1) is 21.5. The molecule has 2 aromatic carbocycles. The molecule has 1 heterocycles. The van der Waals surface area contributed by atoms with E-state index in [0.29, 0.717) is 24.2 Å². The van der Waals surface area contributed by atoms with Gasteiger partial charge in [-0.1, -0.05) is 0 Å². The smallest absolute Gasteiger partial charge is 0.290 e. The zero-order chi connectivity index (χ0) is 23.2. The third kappa shape index (κ3) is 4.33. The minimum absolute atomic E-state index is 0.0139. The zero-order valence-corrected chi connectivity index (χ0v) is 18.3. The fourth-order valence-electron chi connectivity index (χ4n) is 3.84.